The number of allylic oxidation sites excluding steroid dienone is 2. The van der Waals surface area contributed by atoms with Crippen LogP contribution in [0.5, 0.6) is 11.5 Å². The maximum absolute atomic E-state index is 12.0. The van der Waals surface area contributed by atoms with Crippen LogP contribution in [0.4, 0.5) is 0 Å². The number of carbonyl (C=O) groups excluding carboxylic acids is 1. The lowest BCUT2D eigenvalue weighted by molar-refractivity contribution is 0.0985. The summed E-state index contributed by atoms with van der Waals surface area (Å²) in [7, 11) is 0. The van der Waals surface area contributed by atoms with Crippen molar-refractivity contribution in [1.82, 2.24) is 0 Å². The summed E-state index contributed by atoms with van der Waals surface area (Å²) in [6, 6.07) is 0. The minimum absolute atomic E-state index is 0.00106. The molecule has 0 aliphatic heterocycles. The number of Topliss-reactive ketones (excluding diaryl/α,β-unsaturated/α-hetero) is 1. The maximum Gasteiger partial charge on any atom is 0.166 e. The Morgan fingerprint density at radius 2 is 1.58 bits per heavy atom. The van der Waals surface area contributed by atoms with Gasteiger partial charge in [-0.1, -0.05) is 31.2 Å². The van der Waals surface area contributed by atoms with Crippen LogP contribution in [0.2, 0.25) is 0 Å². The van der Waals surface area contributed by atoms with Gasteiger partial charge in [-0.2, -0.15) is 0 Å². The smallest absolute Gasteiger partial charge is 0.166 e. The molecule has 1 rings (SSSR count). The van der Waals surface area contributed by atoms with E-state index < -0.39 is 0 Å². The van der Waals surface area contributed by atoms with Crippen molar-refractivity contribution in [3.05, 3.63) is 34.4 Å². The molecule has 0 spiro atoms. The summed E-state index contributed by atoms with van der Waals surface area (Å²) in [5, 5.41) is 20.4. The van der Waals surface area contributed by atoms with Gasteiger partial charge in [0.1, 0.15) is 11.5 Å². The molecule has 3 heteroatoms. The van der Waals surface area contributed by atoms with E-state index in [1.165, 1.54) is 0 Å². The molecule has 2 N–H and O–H groups in total. The van der Waals surface area contributed by atoms with E-state index >= 15 is 0 Å². The molecule has 1 aromatic rings. The first-order chi connectivity index (χ1) is 8.99. The average molecular weight is 260 g/mol. The highest BCUT2D eigenvalue weighted by Gasteiger charge is 2.22. The third kappa shape index (κ3) is 2.70. The molecule has 0 aliphatic rings. The van der Waals surface area contributed by atoms with Crippen LogP contribution in [0, 0.1) is 6.92 Å². The third-order valence-corrected chi connectivity index (χ3v) is 3.05. The molecule has 0 radical (unpaired) electrons. The Kier molecular flexibility index (Phi) is 4.93. The van der Waals surface area contributed by atoms with E-state index in [1.807, 2.05) is 6.92 Å². The fraction of sp³-hybridized carbons (Fsp3) is 0.312. The lowest BCUT2D eigenvalue weighted by atomic mass is 9.92. The number of aromatic hydroxyl groups is 2. The minimum atomic E-state index is -0.145. The van der Waals surface area contributed by atoms with Crippen LogP contribution in [0.25, 0.3) is 12.2 Å². The zero-order chi connectivity index (χ0) is 14.6. The summed E-state index contributed by atoms with van der Waals surface area (Å²) in [5.41, 5.74) is 1.76. The molecule has 0 amide bonds. The standard InChI is InChI=1S/C16H20O3/c1-5-8-11-10(4)14(13(17)7-3)16(19)12(9-6-2)15(11)18/h5-6,8-9,18-19H,7H2,1-4H3. The number of phenols is 2. The molecule has 0 aromatic heterocycles. The van der Waals surface area contributed by atoms with Gasteiger partial charge in [-0.25, -0.2) is 0 Å². The second-order valence-electron chi connectivity index (χ2n) is 4.30. The van der Waals surface area contributed by atoms with Gasteiger partial charge in [-0.15, -0.1) is 0 Å². The second-order valence-corrected chi connectivity index (χ2v) is 4.30. The number of ketones is 1. The number of rotatable bonds is 4. The lowest BCUT2D eigenvalue weighted by Crippen LogP contribution is -2.04. The lowest BCUT2D eigenvalue weighted by Gasteiger charge is -2.15. The van der Waals surface area contributed by atoms with Gasteiger partial charge < -0.3 is 10.2 Å². The zero-order valence-corrected chi connectivity index (χ0v) is 11.8. The van der Waals surface area contributed by atoms with Gasteiger partial charge >= 0.3 is 0 Å². The van der Waals surface area contributed by atoms with E-state index in [9.17, 15) is 15.0 Å². The van der Waals surface area contributed by atoms with Gasteiger partial charge in [0, 0.05) is 12.0 Å². The molecule has 0 heterocycles. The summed E-state index contributed by atoms with van der Waals surface area (Å²) >= 11 is 0. The van der Waals surface area contributed by atoms with Crippen LogP contribution in [-0.4, -0.2) is 16.0 Å². The van der Waals surface area contributed by atoms with E-state index in [-0.39, 0.29) is 22.8 Å². The van der Waals surface area contributed by atoms with Crippen molar-refractivity contribution in [2.24, 2.45) is 0 Å². The van der Waals surface area contributed by atoms with Crippen molar-refractivity contribution < 1.29 is 15.0 Å². The van der Waals surface area contributed by atoms with Gasteiger partial charge in [-0.3, -0.25) is 4.79 Å². The molecule has 1 aromatic carbocycles. The van der Waals surface area contributed by atoms with E-state index in [4.69, 9.17) is 0 Å². The SMILES string of the molecule is CC=Cc1c(C)c(C(=O)CC)c(O)c(C=CC)c1O. The van der Waals surface area contributed by atoms with Crippen LogP contribution in [-0.2, 0) is 0 Å². The summed E-state index contributed by atoms with van der Waals surface area (Å²) in [5.74, 6) is -0.279. The number of hydrogen-bond acceptors (Lipinski definition) is 3. The molecule has 0 aliphatic carbocycles. The second kappa shape index (κ2) is 6.23. The summed E-state index contributed by atoms with van der Waals surface area (Å²) < 4.78 is 0. The summed E-state index contributed by atoms with van der Waals surface area (Å²) in [4.78, 5) is 12.0. The fourth-order valence-electron chi connectivity index (χ4n) is 2.09. The first-order valence-electron chi connectivity index (χ1n) is 6.36. The van der Waals surface area contributed by atoms with E-state index in [2.05, 4.69) is 0 Å². The Hall–Kier alpha value is -2.03. The molecule has 3 nitrogen and oxygen atoms in total. The fourth-order valence-corrected chi connectivity index (χ4v) is 2.09. The summed E-state index contributed by atoms with van der Waals surface area (Å²) in [6.45, 7) is 7.10. The van der Waals surface area contributed by atoms with Crippen LogP contribution >= 0.6 is 0 Å². The highest BCUT2D eigenvalue weighted by Crippen LogP contribution is 2.39. The Balaban J connectivity index is 3.78. The van der Waals surface area contributed by atoms with Crippen molar-refractivity contribution in [2.75, 3.05) is 0 Å². The highest BCUT2D eigenvalue weighted by atomic mass is 16.3. The molecule has 0 atom stereocenters. The number of benzene rings is 1. The Bertz CT molecular complexity index is 513. The van der Waals surface area contributed by atoms with Crippen LogP contribution in [0.1, 0.15) is 54.2 Å². The first-order valence-corrected chi connectivity index (χ1v) is 6.36. The highest BCUT2D eigenvalue weighted by molar-refractivity contribution is 6.02. The molecule has 0 fully saturated rings. The topological polar surface area (TPSA) is 57.5 Å². The monoisotopic (exact) mass is 260 g/mol. The molecule has 102 valence electrons. The summed E-state index contributed by atoms with van der Waals surface area (Å²) in [6.07, 6.45) is 7.15. The normalized spacial score (nSPS) is 11.6. The van der Waals surface area contributed by atoms with Crippen molar-refractivity contribution in [3.63, 3.8) is 0 Å². The van der Waals surface area contributed by atoms with Crippen molar-refractivity contribution >= 4 is 17.9 Å². The zero-order valence-electron chi connectivity index (χ0n) is 11.8. The molecule has 0 saturated carbocycles. The largest absolute Gasteiger partial charge is 0.507 e. The van der Waals surface area contributed by atoms with Crippen LogP contribution < -0.4 is 0 Å². The Labute approximate surface area is 113 Å². The molecule has 19 heavy (non-hydrogen) atoms. The number of hydrogen-bond donors (Lipinski definition) is 2. The van der Waals surface area contributed by atoms with E-state index in [1.54, 1.807) is 45.1 Å². The third-order valence-electron chi connectivity index (χ3n) is 3.05. The molecule has 0 bridgehead atoms. The molecular weight excluding hydrogens is 240 g/mol. The van der Waals surface area contributed by atoms with Crippen molar-refractivity contribution in [3.8, 4) is 11.5 Å². The van der Waals surface area contributed by atoms with Gasteiger partial charge in [0.05, 0.1) is 11.1 Å². The van der Waals surface area contributed by atoms with Crippen LogP contribution in [0.3, 0.4) is 0 Å². The van der Waals surface area contributed by atoms with Crippen molar-refractivity contribution in [1.29, 1.82) is 0 Å². The number of phenolic OH excluding ortho intramolecular Hbond substituents is 2. The van der Waals surface area contributed by atoms with Gasteiger partial charge in [0.15, 0.2) is 5.78 Å². The molecule has 0 saturated heterocycles. The van der Waals surface area contributed by atoms with Crippen LogP contribution in [0.15, 0.2) is 12.2 Å². The van der Waals surface area contributed by atoms with Gasteiger partial charge in [0.25, 0.3) is 0 Å². The quantitative estimate of drug-likeness (QED) is 0.802. The van der Waals surface area contributed by atoms with Gasteiger partial charge in [0.2, 0.25) is 0 Å². The predicted molar refractivity (Wildman–Crippen MR) is 78.5 cm³/mol. The Morgan fingerprint density at radius 1 is 1.05 bits per heavy atom. The van der Waals surface area contributed by atoms with E-state index in [0.717, 1.165) is 0 Å². The average Bonchev–Trinajstić information content (AvgIpc) is 2.39. The molecule has 0 unspecified atom stereocenters. The molecular formula is C16H20O3. The number of carbonyl (C=O) groups is 1. The Morgan fingerprint density at radius 3 is 2.05 bits per heavy atom. The van der Waals surface area contributed by atoms with E-state index in [0.29, 0.717) is 23.1 Å². The maximum atomic E-state index is 12.0. The minimum Gasteiger partial charge on any atom is -0.507 e. The van der Waals surface area contributed by atoms with Gasteiger partial charge in [-0.05, 0) is 26.3 Å². The first kappa shape index (κ1) is 15.0. The van der Waals surface area contributed by atoms with Crippen molar-refractivity contribution in [2.45, 2.75) is 34.1 Å². The predicted octanol–water partition coefficient (Wildman–Crippen LogP) is 4.07.